The number of hydrogen-bond donors (Lipinski definition) is 0. The van der Waals surface area contributed by atoms with Crippen LogP contribution >= 0.6 is 0 Å². The zero-order valence-corrected chi connectivity index (χ0v) is 20.6. The molecule has 2 aromatic rings. The first kappa shape index (κ1) is 25.3. The number of hydrogen-bond acceptors (Lipinski definition) is 4. The summed E-state index contributed by atoms with van der Waals surface area (Å²) in [5.41, 5.74) is 1.58. The molecule has 1 aromatic heterocycles. The normalized spacial score (nSPS) is 18.1. The number of benzene rings is 1. The van der Waals surface area contributed by atoms with Gasteiger partial charge in [-0.05, 0) is 67.5 Å². The smallest absolute Gasteiger partial charge is 0.343 e. The Kier molecular flexibility index (Phi) is 10.7. The number of carbonyl (C=O) groups excluding carboxylic acids is 1. The van der Waals surface area contributed by atoms with Crippen molar-refractivity contribution in [2.24, 2.45) is 11.8 Å². The second kappa shape index (κ2) is 14.0. The van der Waals surface area contributed by atoms with E-state index in [0.29, 0.717) is 17.9 Å². The molecule has 0 amide bonds. The monoisotopic (exact) mass is 451 g/mol. The van der Waals surface area contributed by atoms with Gasteiger partial charge in [0.2, 0.25) is 0 Å². The number of esters is 1. The van der Waals surface area contributed by atoms with Gasteiger partial charge in [-0.1, -0.05) is 71.6 Å². The first-order chi connectivity index (χ1) is 16.2. The number of ether oxygens (including phenoxy) is 2. The van der Waals surface area contributed by atoms with Crippen LogP contribution in [0, 0.1) is 11.8 Å². The molecule has 1 aromatic carbocycles. The molecule has 0 N–H and O–H groups in total. The summed E-state index contributed by atoms with van der Waals surface area (Å²) in [6.07, 6.45) is 16.7. The molecule has 1 saturated carbocycles. The summed E-state index contributed by atoms with van der Waals surface area (Å²) in [6.45, 7) is 5.24. The van der Waals surface area contributed by atoms with E-state index in [4.69, 9.17) is 9.47 Å². The predicted octanol–water partition coefficient (Wildman–Crippen LogP) is 7.80. The maximum Gasteiger partial charge on any atom is 0.343 e. The predicted molar refractivity (Wildman–Crippen MR) is 134 cm³/mol. The summed E-state index contributed by atoms with van der Waals surface area (Å²) in [6, 6.07) is 11.0. The van der Waals surface area contributed by atoms with Crippen LogP contribution < -0.4 is 9.47 Å². The molecule has 3 rings (SSSR count). The van der Waals surface area contributed by atoms with Gasteiger partial charge in [0.05, 0.1) is 18.4 Å². The van der Waals surface area contributed by atoms with E-state index in [0.717, 1.165) is 36.1 Å². The number of carbonyl (C=O) groups is 1. The highest BCUT2D eigenvalue weighted by Gasteiger charge is 2.19. The van der Waals surface area contributed by atoms with E-state index < -0.39 is 0 Å². The molecule has 0 unspecified atom stereocenters. The average Bonchev–Trinajstić information content (AvgIpc) is 2.86. The van der Waals surface area contributed by atoms with Gasteiger partial charge in [0.15, 0.2) is 0 Å². The first-order valence-corrected chi connectivity index (χ1v) is 13.1. The number of pyridine rings is 1. The Hall–Kier alpha value is -2.36. The highest BCUT2D eigenvalue weighted by atomic mass is 16.5. The van der Waals surface area contributed by atoms with Crippen LogP contribution in [0.15, 0.2) is 42.6 Å². The van der Waals surface area contributed by atoms with Crippen molar-refractivity contribution < 1.29 is 14.3 Å². The molecule has 0 aliphatic heterocycles. The van der Waals surface area contributed by atoms with Gasteiger partial charge >= 0.3 is 5.97 Å². The fourth-order valence-electron chi connectivity index (χ4n) is 4.65. The summed E-state index contributed by atoms with van der Waals surface area (Å²) < 4.78 is 11.3. The van der Waals surface area contributed by atoms with Gasteiger partial charge < -0.3 is 9.47 Å². The molecule has 1 fully saturated rings. The van der Waals surface area contributed by atoms with Gasteiger partial charge in [0.25, 0.3) is 0 Å². The van der Waals surface area contributed by atoms with Crippen molar-refractivity contribution in [3.8, 4) is 11.5 Å². The van der Waals surface area contributed by atoms with Crippen LogP contribution in [0.5, 0.6) is 11.5 Å². The molecule has 1 aliphatic rings. The van der Waals surface area contributed by atoms with Crippen LogP contribution in [0.2, 0.25) is 0 Å². The Bertz CT molecular complexity index is 808. The van der Waals surface area contributed by atoms with Crippen LogP contribution in [0.3, 0.4) is 0 Å². The van der Waals surface area contributed by atoms with E-state index >= 15 is 0 Å². The lowest BCUT2D eigenvalue weighted by molar-refractivity contribution is 0.0734. The maximum absolute atomic E-state index is 12.5. The topological polar surface area (TPSA) is 48.4 Å². The van der Waals surface area contributed by atoms with Gasteiger partial charge in [-0.3, -0.25) is 4.98 Å². The zero-order valence-electron chi connectivity index (χ0n) is 20.6. The Morgan fingerprint density at radius 3 is 2.24 bits per heavy atom. The lowest BCUT2D eigenvalue weighted by Gasteiger charge is -2.27. The minimum atomic E-state index is -0.372. The first-order valence-electron chi connectivity index (χ1n) is 13.1. The highest BCUT2D eigenvalue weighted by molar-refractivity contribution is 5.91. The number of aromatic nitrogens is 1. The average molecular weight is 452 g/mol. The van der Waals surface area contributed by atoms with Crippen molar-refractivity contribution in [2.75, 3.05) is 6.61 Å². The van der Waals surface area contributed by atoms with E-state index in [2.05, 4.69) is 18.8 Å². The lowest BCUT2D eigenvalue weighted by Crippen LogP contribution is -2.14. The number of aryl methyl sites for hydroxylation is 1. The van der Waals surface area contributed by atoms with Gasteiger partial charge in [-0.2, -0.15) is 0 Å². The van der Waals surface area contributed by atoms with Gasteiger partial charge in [0, 0.05) is 5.69 Å². The van der Waals surface area contributed by atoms with Crippen LogP contribution in [0.25, 0.3) is 0 Å². The van der Waals surface area contributed by atoms with E-state index in [9.17, 15) is 4.79 Å². The van der Waals surface area contributed by atoms with E-state index in [1.54, 1.807) is 18.3 Å². The third kappa shape index (κ3) is 8.83. The number of rotatable bonds is 13. The summed E-state index contributed by atoms with van der Waals surface area (Å²) in [4.78, 5) is 17.0. The fraction of sp³-hybridized carbons (Fsp3) is 0.586. The molecule has 0 saturated heterocycles. The summed E-state index contributed by atoms with van der Waals surface area (Å²) in [7, 11) is 0. The summed E-state index contributed by atoms with van der Waals surface area (Å²) >= 11 is 0. The van der Waals surface area contributed by atoms with Crippen molar-refractivity contribution in [3.05, 3.63) is 53.9 Å². The van der Waals surface area contributed by atoms with Crippen molar-refractivity contribution in [2.45, 2.75) is 90.9 Å². The Labute approximate surface area is 200 Å². The minimum Gasteiger partial charge on any atom is -0.494 e. The molecular formula is C29H41NO3. The SMILES string of the molecule is CCCCCCCOc1ccc(C(=O)Oc2ccc(CCC3CCC(CC)CC3)nc2)cc1. The molecule has 0 atom stereocenters. The Morgan fingerprint density at radius 2 is 1.58 bits per heavy atom. The number of nitrogens with zero attached hydrogens (tertiary/aromatic N) is 1. The minimum absolute atomic E-state index is 0.372. The fourth-order valence-corrected chi connectivity index (χ4v) is 4.65. The van der Waals surface area contributed by atoms with Crippen molar-refractivity contribution in [3.63, 3.8) is 0 Å². The zero-order chi connectivity index (χ0) is 23.3. The third-order valence-corrected chi connectivity index (χ3v) is 6.97. The van der Waals surface area contributed by atoms with Crippen molar-refractivity contribution in [1.82, 2.24) is 4.98 Å². The quantitative estimate of drug-likeness (QED) is 0.230. The maximum atomic E-state index is 12.5. The second-order valence-corrected chi connectivity index (χ2v) is 9.50. The Balaban J connectivity index is 1.38. The van der Waals surface area contributed by atoms with E-state index in [1.807, 2.05) is 24.3 Å². The third-order valence-electron chi connectivity index (χ3n) is 6.97. The molecular weight excluding hydrogens is 410 g/mol. The Morgan fingerprint density at radius 1 is 0.879 bits per heavy atom. The molecule has 0 bridgehead atoms. The highest BCUT2D eigenvalue weighted by Crippen LogP contribution is 2.33. The van der Waals surface area contributed by atoms with Crippen LogP contribution in [0.4, 0.5) is 0 Å². The summed E-state index contributed by atoms with van der Waals surface area (Å²) in [5.74, 6) is 2.68. The van der Waals surface area contributed by atoms with Crippen LogP contribution in [-0.2, 0) is 6.42 Å². The largest absolute Gasteiger partial charge is 0.494 e. The number of unbranched alkanes of at least 4 members (excludes halogenated alkanes) is 4. The molecule has 1 heterocycles. The lowest BCUT2D eigenvalue weighted by atomic mass is 9.79. The van der Waals surface area contributed by atoms with Crippen molar-refractivity contribution in [1.29, 1.82) is 0 Å². The molecule has 4 heteroatoms. The second-order valence-electron chi connectivity index (χ2n) is 9.50. The molecule has 0 spiro atoms. The van der Waals surface area contributed by atoms with Gasteiger partial charge in [0.1, 0.15) is 11.5 Å². The molecule has 33 heavy (non-hydrogen) atoms. The molecule has 4 nitrogen and oxygen atoms in total. The van der Waals surface area contributed by atoms with Gasteiger partial charge in [-0.25, -0.2) is 4.79 Å². The van der Waals surface area contributed by atoms with Crippen molar-refractivity contribution >= 4 is 5.97 Å². The standard InChI is InChI=1S/C29H41NO3/c1-3-5-6-7-8-21-32-27-18-14-25(15-19-27)29(31)33-28-20-17-26(30-22-28)16-13-24-11-9-23(4-2)10-12-24/h14-15,17-20,22-24H,3-13,16,21H2,1-2H3. The summed E-state index contributed by atoms with van der Waals surface area (Å²) in [5, 5.41) is 0. The van der Waals surface area contributed by atoms with Crippen LogP contribution in [0.1, 0.15) is 101 Å². The molecule has 180 valence electrons. The van der Waals surface area contributed by atoms with E-state index in [1.165, 1.54) is 64.2 Å². The molecule has 1 aliphatic carbocycles. The van der Waals surface area contributed by atoms with Gasteiger partial charge in [-0.15, -0.1) is 0 Å². The molecule has 0 radical (unpaired) electrons. The van der Waals surface area contributed by atoms with E-state index in [-0.39, 0.29) is 5.97 Å². The van der Waals surface area contributed by atoms with Crippen LogP contribution in [-0.4, -0.2) is 17.6 Å².